The highest BCUT2D eigenvalue weighted by atomic mass is 16.2. The molecule has 1 saturated heterocycles. The number of hydrogen-bond acceptors (Lipinski definition) is 2. The highest BCUT2D eigenvalue weighted by Crippen LogP contribution is 2.34. The summed E-state index contributed by atoms with van der Waals surface area (Å²) in [5.74, 6) is -0.0287. The molecule has 4 heteroatoms. The van der Waals surface area contributed by atoms with Gasteiger partial charge in [-0.05, 0) is 40.0 Å². The summed E-state index contributed by atoms with van der Waals surface area (Å²) >= 11 is 0. The van der Waals surface area contributed by atoms with Crippen molar-refractivity contribution in [3.05, 3.63) is 0 Å². The van der Waals surface area contributed by atoms with Gasteiger partial charge in [0.15, 0.2) is 0 Å². The van der Waals surface area contributed by atoms with Crippen LogP contribution in [0.2, 0.25) is 0 Å². The van der Waals surface area contributed by atoms with Crippen LogP contribution >= 0.6 is 0 Å². The van der Waals surface area contributed by atoms with E-state index in [0.29, 0.717) is 6.54 Å². The van der Waals surface area contributed by atoms with Crippen LogP contribution in [0.25, 0.3) is 0 Å². The monoisotopic (exact) mass is 210 g/mol. The Bertz CT molecular complexity index is 308. The van der Waals surface area contributed by atoms with Crippen LogP contribution in [-0.2, 0) is 4.79 Å². The molecule has 1 saturated carbocycles. The summed E-state index contributed by atoms with van der Waals surface area (Å²) in [6.07, 6.45) is 3.09. The number of imide groups is 1. The minimum atomic E-state index is -0.651. The number of carbonyl (C=O) groups is 2. The molecule has 0 aromatic rings. The molecule has 0 aromatic heterocycles. The van der Waals surface area contributed by atoms with Crippen molar-refractivity contribution >= 4 is 11.9 Å². The smallest absolute Gasteiger partial charge is 0.310 e. The summed E-state index contributed by atoms with van der Waals surface area (Å²) in [6, 6.07) is 0.0676. The maximum Gasteiger partial charge on any atom is 0.327 e. The van der Waals surface area contributed by atoms with Gasteiger partial charge < -0.3 is 4.90 Å². The van der Waals surface area contributed by atoms with Gasteiger partial charge in [0.25, 0.3) is 5.91 Å². The maximum atomic E-state index is 12.1. The van der Waals surface area contributed by atoms with Gasteiger partial charge in [-0.1, -0.05) is 0 Å². The Labute approximate surface area is 90.2 Å². The highest BCUT2D eigenvalue weighted by molar-refractivity contribution is 6.06. The molecule has 84 valence electrons. The zero-order valence-corrected chi connectivity index (χ0v) is 9.62. The van der Waals surface area contributed by atoms with Crippen molar-refractivity contribution in [2.45, 2.75) is 51.6 Å². The molecule has 0 bridgehead atoms. The van der Waals surface area contributed by atoms with Crippen molar-refractivity contribution < 1.29 is 9.59 Å². The molecule has 0 atom stereocenters. The molecular weight excluding hydrogens is 192 g/mol. The summed E-state index contributed by atoms with van der Waals surface area (Å²) in [4.78, 5) is 27.3. The Kier molecular flexibility index (Phi) is 2.24. The normalized spacial score (nSPS) is 26.1. The second-order valence-electron chi connectivity index (χ2n) is 4.85. The van der Waals surface area contributed by atoms with E-state index in [0.717, 1.165) is 19.3 Å². The first-order chi connectivity index (χ1) is 7.00. The fourth-order valence-corrected chi connectivity index (χ4v) is 2.36. The summed E-state index contributed by atoms with van der Waals surface area (Å²) in [5, 5.41) is 0. The molecule has 4 nitrogen and oxygen atoms in total. The first-order valence-corrected chi connectivity index (χ1v) is 5.65. The van der Waals surface area contributed by atoms with E-state index in [9.17, 15) is 9.59 Å². The van der Waals surface area contributed by atoms with Crippen LogP contribution in [0.1, 0.15) is 40.0 Å². The number of carbonyl (C=O) groups excluding carboxylic acids is 2. The molecule has 2 aliphatic rings. The fraction of sp³-hybridized carbons (Fsp3) is 0.818. The lowest BCUT2D eigenvalue weighted by molar-refractivity contribution is -0.134. The quantitative estimate of drug-likeness (QED) is 0.649. The SMILES string of the molecule is CCN1C(=O)N(C2CCC2)C(=O)C1(C)C. The van der Waals surface area contributed by atoms with Crippen molar-refractivity contribution in [1.82, 2.24) is 9.80 Å². The molecule has 2 rings (SSSR count). The van der Waals surface area contributed by atoms with E-state index in [1.165, 1.54) is 4.90 Å². The minimum absolute atomic E-state index is 0.0287. The van der Waals surface area contributed by atoms with Gasteiger partial charge in [-0.2, -0.15) is 0 Å². The van der Waals surface area contributed by atoms with E-state index in [1.54, 1.807) is 4.90 Å². The average molecular weight is 210 g/mol. The molecule has 0 radical (unpaired) electrons. The van der Waals surface area contributed by atoms with Crippen LogP contribution in [0.3, 0.4) is 0 Å². The first kappa shape index (κ1) is 10.5. The van der Waals surface area contributed by atoms with Gasteiger partial charge in [-0.15, -0.1) is 0 Å². The number of rotatable bonds is 2. The zero-order chi connectivity index (χ0) is 11.2. The van der Waals surface area contributed by atoms with Crippen LogP contribution in [0, 0.1) is 0 Å². The molecule has 1 aliphatic carbocycles. The van der Waals surface area contributed by atoms with Crippen molar-refractivity contribution in [3.8, 4) is 0 Å². The molecule has 15 heavy (non-hydrogen) atoms. The third kappa shape index (κ3) is 1.27. The van der Waals surface area contributed by atoms with E-state index in [1.807, 2.05) is 20.8 Å². The van der Waals surface area contributed by atoms with Gasteiger partial charge in [-0.25, -0.2) is 4.79 Å². The Morgan fingerprint density at radius 2 is 1.93 bits per heavy atom. The van der Waals surface area contributed by atoms with Gasteiger partial charge in [0.2, 0.25) is 0 Å². The highest BCUT2D eigenvalue weighted by Gasteiger charge is 2.53. The van der Waals surface area contributed by atoms with Crippen LogP contribution in [0.4, 0.5) is 4.79 Å². The molecule has 2 fully saturated rings. The standard InChI is InChI=1S/C11H18N2O2/c1-4-12-10(15)13(8-6-5-7-8)9(14)11(12,2)3/h8H,4-7H2,1-3H3. The second-order valence-corrected chi connectivity index (χ2v) is 4.85. The van der Waals surface area contributed by atoms with Crippen LogP contribution in [0.5, 0.6) is 0 Å². The second kappa shape index (κ2) is 3.22. The van der Waals surface area contributed by atoms with E-state index >= 15 is 0 Å². The number of nitrogens with zero attached hydrogens (tertiary/aromatic N) is 2. The largest absolute Gasteiger partial charge is 0.327 e. The van der Waals surface area contributed by atoms with Crippen LogP contribution in [0.15, 0.2) is 0 Å². The summed E-state index contributed by atoms with van der Waals surface area (Å²) < 4.78 is 0. The van der Waals surface area contributed by atoms with Gasteiger partial charge in [0, 0.05) is 12.6 Å². The Morgan fingerprint density at radius 3 is 2.27 bits per heavy atom. The summed E-state index contributed by atoms with van der Waals surface area (Å²) in [5.41, 5.74) is -0.651. The number of amides is 3. The van der Waals surface area contributed by atoms with Gasteiger partial charge in [-0.3, -0.25) is 9.69 Å². The lowest BCUT2D eigenvalue weighted by Gasteiger charge is -2.32. The minimum Gasteiger partial charge on any atom is -0.310 e. The molecule has 0 spiro atoms. The van der Waals surface area contributed by atoms with E-state index < -0.39 is 5.54 Å². The molecule has 0 N–H and O–H groups in total. The van der Waals surface area contributed by atoms with Gasteiger partial charge in [0.1, 0.15) is 5.54 Å². The Morgan fingerprint density at radius 1 is 1.33 bits per heavy atom. The van der Waals surface area contributed by atoms with Crippen molar-refractivity contribution in [3.63, 3.8) is 0 Å². The third-order valence-electron chi connectivity index (χ3n) is 3.61. The van der Waals surface area contributed by atoms with Gasteiger partial charge >= 0.3 is 6.03 Å². The molecule has 3 amide bonds. The van der Waals surface area contributed by atoms with E-state index in [-0.39, 0.29) is 18.0 Å². The molecule has 1 heterocycles. The number of hydrogen-bond donors (Lipinski definition) is 0. The topological polar surface area (TPSA) is 40.6 Å². The number of urea groups is 1. The van der Waals surface area contributed by atoms with E-state index in [2.05, 4.69) is 0 Å². The number of likely N-dealkylation sites (N-methyl/N-ethyl adjacent to an activating group) is 1. The Balaban J connectivity index is 2.27. The molecule has 0 unspecified atom stereocenters. The van der Waals surface area contributed by atoms with Crippen molar-refractivity contribution in [1.29, 1.82) is 0 Å². The lowest BCUT2D eigenvalue weighted by atomic mass is 9.91. The fourth-order valence-electron chi connectivity index (χ4n) is 2.36. The van der Waals surface area contributed by atoms with E-state index in [4.69, 9.17) is 0 Å². The Hall–Kier alpha value is -1.06. The van der Waals surface area contributed by atoms with Crippen LogP contribution in [-0.4, -0.2) is 39.9 Å². The van der Waals surface area contributed by atoms with Crippen molar-refractivity contribution in [2.24, 2.45) is 0 Å². The third-order valence-corrected chi connectivity index (χ3v) is 3.61. The summed E-state index contributed by atoms with van der Waals surface area (Å²) in [7, 11) is 0. The zero-order valence-electron chi connectivity index (χ0n) is 9.62. The van der Waals surface area contributed by atoms with Gasteiger partial charge in [0.05, 0.1) is 0 Å². The molecule has 1 aliphatic heterocycles. The lowest BCUT2D eigenvalue weighted by Crippen LogP contribution is -2.46. The average Bonchev–Trinajstić information content (AvgIpc) is 2.23. The summed E-state index contributed by atoms with van der Waals surface area (Å²) in [6.45, 7) is 6.17. The maximum absolute atomic E-state index is 12.1. The first-order valence-electron chi connectivity index (χ1n) is 5.65. The predicted molar refractivity (Wildman–Crippen MR) is 56.3 cm³/mol. The van der Waals surface area contributed by atoms with Crippen molar-refractivity contribution in [2.75, 3.05) is 6.54 Å². The predicted octanol–water partition coefficient (Wildman–Crippen LogP) is 1.60. The molecule has 0 aromatic carbocycles. The van der Waals surface area contributed by atoms with Crippen LogP contribution < -0.4 is 0 Å². The molecular formula is C11H18N2O2.